The van der Waals surface area contributed by atoms with Gasteiger partial charge >= 0.3 is 0 Å². The maximum atomic E-state index is 11.4. The largest absolute Gasteiger partial charge is 0.296 e. The predicted octanol–water partition coefficient (Wildman–Crippen LogP) is 1.56. The van der Waals surface area contributed by atoms with Crippen LogP contribution >= 0.6 is 22.9 Å². The molecule has 0 spiro atoms. The van der Waals surface area contributed by atoms with Gasteiger partial charge in [-0.3, -0.25) is 14.9 Å². The van der Waals surface area contributed by atoms with Crippen LogP contribution in [0, 0.1) is 5.92 Å². The lowest BCUT2D eigenvalue weighted by atomic mass is 9.87. The quantitative estimate of drug-likeness (QED) is 0.763. The molecule has 2 rings (SSSR count). The lowest BCUT2D eigenvalue weighted by Gasteiger charge is -2.25. The molecule has 1 aliphatic rings. The Kier molecular flexibility index (Phi) is 2.75. The molecule has 1 N–H and O–H groups in total. The number of carbonyl (C=O) groups excluding carboxylic acids is 2. The molecule has 2 unspecified atom stereocenters. The van der Waals surface area contributed by atoms with E-state index >= 15 is 0 Å². The maximum absolute atomic E-state index is 11.4. The molecule has 6 heteroatoms. The van der Waals surface area contributed by atoms with E-state index in [9.17, 15) is 9.59 Å². The van der Waals surface area contributed by atoms with E-state index in [1.54, 1.807) is 13.1 Å². The number of piperidine rings is 1. The number of imide groups is 1. The van der Waals surface area contributed by atoms with E-state index in [0.29, 0.717) is 10.8 Å². The fourth-order valence-corrected chi connectivity index (χ4v) is 2.74. The van der Waals surface area contributed by atoms with Gasteiger partial charge in [-0.1, -0.05) is 18.5 Å². The number of halogens is 1. The van der Waals surface area contributed by atoms with Gasteiger partial charge in [-0.25, -0.2) is 4.98 Å². The van der Waals surface area contributed by atoms with Crippen molar-refractivity contribution in [2.75, 3.05) is 0 Å². The van der Waals surface area contributed by atoms with E-state index in [0.717, 1.165) is 5.01 Å². The molecule has 1 aromatic rings. The Balaban J connectivity index is 2.27. The van der Waals surface area contributed by atoms with E-state index in [4.69, 9.17) is 11.6 Å². The molecule has 1 aromatic heterocycles. The minimum atomic E-state index is -0.241. The van der Waals surface area contributed by atoms with Crippen molar-refractivity contribution in [1.29, 1.82) is 0 Å². The van der Waals surface area contributed by atoms with E-state index in [1.165, 1.54) is 11.3 Å². The first-order valence-corrected chi connectivity index (χ1v) is 5.72. The SMILES string of the molecule is CC1C(=O)NC(=O)CC1c1ncc(Cl)s1. The van der Waals surface area contributed by atoms with Crippen molar-refractivity contribution in [1.82, 2.24) is 10.3 Å². The molecule has 0 bridgehead atoms. The number of hydrogen-bond acceptors (Lipinski definition) is 4. The van der Waals surface area contributed by atoms with Gasteiger partial charge < -0.3 is 0 Å². The number of nitrogens with one attached hydrogen (secondary N) is 1. The molecule has 0 aromatic carbocycles. The topological polar surface area (TPSA) is 59.1 Å². The second-order valence-electron chi connectivity index (χ2n) is 3.51. The maximum Gasteiger partial charge on any atom is 0.230 e. The van der Waals surface area contributed by atoms with Crippen molar-refractivity contribution in [3.8, 4) is 0 Å². The molecule has 2 atom stereocenters. The zero-order chi connectivity index (χ0) is 11.0. The van der Waals surface area contributed by atoms with Crippen molar-refractivity contribution in [2.45, 2.75) is 19.3 Å². The van der Waals surface area contributed by atoms with Crippen LogP contribution in [0.1, 0.15) is 24.3 Å². The first-order valence-electron chi connectivity index (χ1n) is 4.53. The first kappa shape index (κ1) is 10.6. The van der Waals surface area contributed by atoms with Crippen LogP contribution < -0.4 is 5.32 Å². The average Bonchev–Trinajstić information content (AvgIpc) is 2.58. The third kappa shape index (κ3) is 2.03. The van der Waals surface area contributed by atoms with Crippen molar-refractivity contribution < 1.29 is 9.59 Å². The molecule has 80 valence electrons. The first-order chi connectivity index (χ1) is 7.08. The molecule has 1 saturated heterocycles. The Labute approximate surface area is 95.7 Å². The summed E-state index contributed by atoms with van der Waals surface area (Å²) in [5.74, 6) is -0.842. The molecule has 1 fully saturated rings. The third-order valence-electron chi connectivity index (χ3n) is 2.50. The molecule has 1 aliphatic heterocycles. The van der Waals surface area contributed by atoms with Gasteiger partial charge in [0.05, 0.1) is 11.2 Å². The number of rotatable bonds is 1. The van der Waals surface area contributed by atoms with Gasteiger partial charge in [-0.05, 0) is 0 Å². The molecule has 4 nitrogen and oxygen atoms in total. The molecular formula is C9H9ClN2O2S. The van der Waals surface area contributed by atoms with Gasteiger partial charge in [0.2, 0.25) is 11.8 Å². The van der Waals surface area contributed by atoms with E-state index in [2.05, 4.69) is 10.3 Å². The van der Waals surface area contributed by atoms with Crippen LogP contribution in [0.25, 0.3) is 0 Å². The number of aromatic nitrogens is 1. The van der Waals surface area contributed by atoms with Gasteiger partial charge in [0.15, 0.2) is 0 Å². The number of thiazole rings is 1. The summed E-state index contributed by atoms with van der Waals surface area (Å²) < 4.78 is 0.579. The molecular weight excluding hydrogens is 236 g/mol. The highest BCUT2D eigenvalue weighted by Crippen LogP contribution is 2.34. The number of hydrogen-bond donors (Lipinski definition) is 1. The minimum Gasteiger partial charge on any atom is -0.296 e. The van der Waals surface area contributed by atoms with Gasteiger partial charge in [0, 0.05) is 18.3 Å². The van der Waals surface area contributed by atoms with Crippen LogP contribution in [-0.4, -0.2) is 16.8 Å². The van der Waals surface area contributed by atoms with Crippen molar-refractivity contribution >= 4 is 34.8 Å². The van der Waals surface area contributed by atoms with Crippen LogP contribution in [0.4, 0.5) is 0 Å². The van der Waals surface area contributed by atoms with Gasteiger partial charge in [0.25, 0.3) is 0 Å². The Morgan fingerprint density at radius 3 is 2.93 bits per heavy atom. The second-order valence-corrected chi connectivity index (χ2v) is 5.21. The lowest BCUT2D eigenvalue weighted by molar-refractivity contribution is -0.136. The Bertz CT molecular complexity index is 418. The highest BCUT2D eigenvalue weighted by molar-refractivity contribution is 7.15. The summed E-state index contributed by atoms with van der Waals surface area (Å²) in [5.41, 5.74) is 0. The van der Waals surface area contributed by atoms with Crippen molar-refractivity contribution in [2.24, 2.45) is 5.92 Å². The summed E-state index contributed by atoms with van der Waals surface area (Å²) in [7, 11) is 0. The van der Waals surface area contributed by atoms with Gasteiger partial charge in [-0.15, -0.1) is 11.3 Å². The molecule has 0 radical (unpaired) electrons. The summed E-state index contributed by atoms with van der Waals surface area (Å²) in [4.78, 5) is 26.7. The zero-order valence-corrected chi connectivity index (χ0v) is 9.56. The van der Waals surface area contributed by atoms with Crippen molar-refractivity contribution in [3.63, 3.8) is 0 Å². The molecule has 2 amide bonds. The number of nitrogens with zero attached hydrogens (tertiary/aromatic N) is 1. The minimum absolute atomic E-state index is 0.135. The monoisotopic (exact) mass is 244 g/mol. The molecule has 0 saturated carbocycles. The fraction of sp³-hybridized carbons (Fsp3) is 0.444. The Morgan fingerprint density at radius 1 is 1.60 bits per heavy atom. The van der Waals surface area contributed by atoms with E-state index in [1.807, 2.05) is 0 Å². The molecule has 2 heterocycles. The van der Waals surface area contributed by atoms with Crippen molar-refractivity contribution in [3.05, 3.63) is 15.5 Å². The standard InChI is InChI=1S/C9H9ClN2O2S/c1-4-5(2-7(13)12-8(4)14)9-11-3-6(10)15-9/h3-5H,2H2,1H3,(H,12,13,14). The smallest absolute Gasteiger partial charge is 0.230 e. The summed E-state index contributed by atoms with van der Waals surface area (Å²) >= 11 is 7.09. The Hall–Kier alpha value is -0.940. The van der Waals surface area contributed by atoms with Gasteiger partial charge in [-0.2, -0.15) is 0 Å². The highest BCUT2D eigenvalue weighted by Gasteiger charge is 2.35. The van der Waals surface area contributed by atoms with Crippen LogP contribution in [0.3, 0.4) is 0 Å². The summed E-state index contributed by atoms with van der Waals surface area (Å²) in [6, 6.07) is 0. The fourth-order valence-electron chi connectivity index (χ4n) is 1.60. The second kappa shape index (κ2) is 3.90. The normalized spacial score (nSPS) is 26.5. The van der Waals surface area contributed by atoms with E-state index in [-0.39, 0.29) is 23.7 Å². The molecule has 15 heavy (non-hydrogen) atoms. The summed E-state index contributed by atoms with van der Waals surface area (Å²) in [6.45, 7) is 1.79. The number of carbonyl (C=O) groups is 2. The van der Waals surface area contributed by atoms with Crippen LogP contribution in [0.5, 0.6) is 0 Å². The van der Waals surface area contributed by atoms with Gasteiger partial charge in [0.1, 0.15) is 4.34 Å². The Morgan fingerprint density at radius 2 is 2.33 bits per heavy atom. The highest BCUT2D eigenvalue weighted by atomic mass is 35.5. The van der Waals surface area contributed by atoms with Crippen LogP contribution in [-0.2, 0) is 9.59 Å². The van der Waals surface area contributed by atoms with Crippen LogP contribution in [0.2, 0.25) is 4.34 Å². The zero-order valence-electron chi connectivity index (χ0n) is 7.99. The lowest BCUT2D eigenvalue weighted by Crippen LogP contribution is -2.43. The summed E-state index contributed by atoms with van der Waals surface area (Å²) in [5, 5.41) is 3.06. The van der Waals surface area contributed by atoms with Crippen LogP contribution in [0.15, 0.2) is 6.20 Å². The number of amides is 2. The predicted molar refractivity (Wildman–Crippen MR) is 56.8 cm³/mol. The molecule has 0 aliphatic carbocycles. The average molecular weight is 245 g/mol. The third-order valence-corrected chi connectivity index (χ3v) is 3.74. The summed E-state index contributed by atoms with van der Waals surface area (Å²) in [6.07, 6.45) is 1.85. The van der Waals surface area contributed by atoms with E-state index < -0.39 is 0 Å².